The molecule has 1 heterocycles. The van der Waals surface area contributed by atoms with Crippen LogP contribution in [0.5, 0.6) is 0 Å². The molecule has 3 rings (SSSR count). The minimum atomic E-state index is -0.774. The first-order valence-electron chi connectivity index (χ1n) is 6.88. The van der Waals surface area contributed by atoms with E-state index in [0.717, 1.165) is 18.2 Å². The number of aromatic nitrogens is 2. The lowest BCUT2D eigenvalue weighted by Crippen LogP contribution is -2.20. The number of rotatable bonds is 4. The summed E-state index contributed by atoms with van der Waals surface area (Å²) < 4.78 is 27.8. The van der Waals surface area contributed by atoms with Crippen LogP contribution in [0.4, 0.5) is 14.5 Å². The number of anilines is 1. The van der Waals surface area contributed by atoms with E-state index in [9.17, 15) is 18.7 Å². The SMILES string of the molecule is O=C(Cn1c(CO)nc2ccccc21)Nc1cc(F)cc(F)c1. The molecule has 0 unspecified atom stereocenters. The van der Waals surface area contributed by atoms with Gasteiger partial charge in [-0.15, -0.1) is 0 Å². The first kappa shape index (κ1) is 15.1. The number of hydrogen-bond donors (Lipinski definition) is 2. The Morgan fingerprint density at radius 2 is 1.87 bits per heavy atom. The van der Waals surface area contributed by atoms with Crippen molar-refractivity contribution in [3.63, 3.8) is 0 Å². The Labute approximate surface area is 130 Å². The number of benzene rings is 2. The molecule has 0 saturated heterocycles. The summed E-state index contributed by atoms with van der Waals surface area (Å²) in [5.74, 6) is -1.69. The molecule has 0 spiro atoms. The summed E-state index contributed by atoms with van der Waals surface area (Å²) in [5, 5.41) is 11.8. The molecule has 1 amide bonds. The quantitative estimate of drug-likeness (QED) is 0.777. The van der Waals surface area contributed by atoms with Crippen LogP contribution in [0, 0.1) is 11.6 Å². The molecule has 0 fully saturated rings. The predicted molar refractivity (Wildman–Crippen MR) is 80.6 cm³/mol. The van der Waals surface area contributed by atoms with Crippen molar-refractivity contribution in [2.24, 2.45) is 0 Å². The van der Waals surface area contributed by atoms with E-state index in [4.69, 9.17) is 0 Å². The maximum Gasteiger partial charge on any atom is 0.244 e. The topological polar surface area (TPSA) is 67.2 Å². The van der Waals surface area contributed by atoms with Crippen LogP contribution in [0.15, 0.2) is 42.5 Å². The highest BCUT2D eigenvalue weighted by Gasteiger charge is 2.13. The number of para-hydroxylation sites is 2. The number of nitrogens with zero attached hydrogens (tertiary/aromatic N) is 2. The highest BCUT2D eigenvalue weighted by atomic mass is 19.1. The zero-order valence-electron chi connectivity index (χ0n) is 12.0. The third-order valence-electron chi connectivity index (χ3n) is 3.32. The number of nitrogens with one attached hydrogen (secondary N) is 1. The Balaban J connectivity index is 1.85. The Kier molecular flexibility index (Phi) is 4.03. The predicted octanol–water partition coefficient (Wildman–Crippen LogP) is 2.45. The van der Waals surface area contributed by atoms with Gasteiger partial charge in [0.25, 0.3) is 0 Å². The number of aliphatic hydroxyl groups excluding tert-OH is 1. The summed E-state index contributed by atoms with van der Waals surface area (Å²) in [6.07, 6.45) is 0. The first-order valence-corrected chi connectivity index (χ1v) is 6.88. The second kappa shape index (κ2) is 6.13. The molecular formula is C16H13F2N3O2. The van der Waals surface area contributed by atoms with Crippen molar-refractivity contribution >= 4 is 22.6 Å². The van der Waals surface area contributed by atoms with Crippen LogP contribution in [-0.2, 0) is 17.9 Å². The second-order valence-corrected chi connectivity index (χ2v) is 4.97. The minimum Gasteiger partial charge on any atom is -0.388 e. The molecule has 5 nitrogen and oxygen atoms in total. The average molecular weight is 317 g/mol. The van der Waals surface area contributed by atoms with E-state index in [1.165, 1.54) is 0 Å². The monoisotopic (exact) mass is 317 g/mol. The molecule has 7 heteroatoms. The van der Waals surface area contributed by atoms with Crippen molar-refractivity contribution in [2.75, 3.05) is 5.32 Å². The van der Waals surface area contributed by atoms with Crippen molar-refractivity contribution in [2.45, 2.75) is 13.2 Å². The molecule has 0 saturated carbocycles. The van der Waals surface area contributed by atoms with E-state index >= 15 is 0 Å². The van der Waals surface area contributed by atoms with Gasteiger partial charge in [0.1, 0.15) is 30.6 Å². The van der Waals surface area contributed by atoms with Gasteiger partial charge in [-0.05, 0) is 24.3 Å². The standard InChI is InChI=1S/C16H13F2N3O2/c17-10-5-11(18)7-12(6-10)19-16(23)8-21-14-4-2-1-3-13(14)20-15(21)9-22/h1-7,22H,8-9H2,(H,19,23). The van der Waals surface area contributed by atoms with E-state index in [-0.39, 0.29) is 18.8 Å². The average Bonchev–Trinajstić information content (AvgIpc) is 2.84. The number of carbonyl (C=O) groups excluding carboxylic acids is 1. The Morgan fingerprint density at radius 3 is 2.57 bits per heavy atom. The molecule has 0 aliphatic carbocycles. The molecule has 1 aromatic heterocycles. The smallest absolute Gasteiger partial charge is 0.244 e. The first-order chi connectivity index (χ1) is 11.1. The van der Waals surface area contributed by atoms with Gasteiger partial charge in [0, 0.05) is 11.8 Å². The molecule has 0 aliphatic rings. The Morgan fingerprint density at radius 1 is 1.17 bits per heavy atom. The number of hydrogen-bond acceptors (Lipinski definition) is 3. The highest BCUT2D eigenvalue weighted by molar-refractivity contribution is 5.91. The lowest BCUT2D eigenvalue weighted by atomic mass is 10.3. The van der Waals surface area contributed by atoms with E-state index in [1.54, 1.807) is 28.8 Å². The summed E-state index contributed by atoms with van der Waals surface area (Å²) >= 11 is 0. The van der Waals surface area contributed by atoms with Crippen LogP contribution >= 0.6 is 0 Å². The normalized spacial score (nSPS) is 10.9. The van der Waals surface area contributed by atoms with Gasteiger partial charge in [-0.3, -0.25) is 4.79 Å². The van der Waals surface area contributed by atoms with Crippen LogP contribution in [0.1, 0.15) is 5.82 Å². The molecule has 23 heavy (non-hydrogen) atoms. The van der Waals surface area contributed by atoms with Crippen molar-refractivity contribution in [3.05, 3.63) is 59.9 Å². The maximum atomic E-state index is 13.1. The number of amides is 1. The summed E-state index contributed by atoms with van der Waals surface area (Å²) in [4.78, 5) is 16.4. The molecule has 0 bridgehead atoms. The highest BCUT2D eigenvalue weighted by Crippen LogP contribution is 2.17. The minimum absolute atomic E-state index is 0.0301. The van der Waals surface area contributed by atoms with E-state index in [1.807, 2.05) is 0 Å². The van der Waals surface area contributed by atoms with Gasteiger partial charge in [-0.25, -0.2) is 13.8 Å². The molecule has 3 aromatic rings. The largest absolute Gasteiger partial charge is 0.388 e. The van der Waals surface area contributed by atoms with E-state index in [2.05, 4.69) is 10.3 Å². The second-order valence-electron chi connectivity index (χ2n) is 4.97. The lowest BCUT2D eigenvalue weighted by Gasteiger charge is -2.09. The fourth-order valence-corrected chi connectivity index (χ4v) is 2.39. The molecule has 0 aliphatic heterocycles. The molecule has 0 radical (unpaired) electrons. The van der Waals surface area contributed by atoms with Crippen molar-refractivity contribution in [1.29, 1.82) is 0 Å². The van der Waals surface area contributed by atoms with Crippen molar-refractivity contribution in [1.82, 2.24) is 9.55 Å². The van der Waals surface area contributed by atoms with E-state index in [0.29, 0.717) is 16.9 Å². The maximum absolute atomic E-state index is 13.1. The summed E-state index contributed by atoms with van der Waals surface area (Å²) in [7, 11) is 0. The molecule has 118 valence electrons. The Hall–Kier alpha value is -2.80. The van der Waals surface area contributed by atoms with Gasteiger partial charge in [0.05, 0.1) is 11.0 Å². The third-order valence-corrected chi connectivity index (χ3v) is 3.32. The summed E-state index contributed by atoms with van der Waals surface area (Å²) in [6, 6.07) is 9.92. The van der Waals surface area contributed by atoms with Crippen molar-refractivity contribution in [3.8, 4) is 0 Å². The number of fused-ring (bicyclic) bond motifs is 1. The van der Waals surface area contributed by atoms with Crippen LogP contribution in [0.25, 0.3) is 11.0 Å². The number of halogens is 2. The molecule has 2 N–H and O–H groups in total. The number of carbonyl (C=O) groups is 1. The fourth-order valence-electron chi connectivity index (χ4n) is 2.39. The molecule has 2 aromatic carbocycles. The van der Waals surface area contributed by atoms with Crippen LogP contribution in [0.2, 0.25) is 0 Å². The van der Waals surface area contributed by atoms with Gasteiger partial charge in [-0.2, -0.15) is 0 Å². The molecule has 0 atom stereocenters. The van der Waals surface area contributed by atoms with Crippen LogP contribution in [0.3, 0.4) is 0 Å². The molecular weight excluding hydrogens is 304 g/mol. The van der Waals surface area contributed by atoms with Gasteiger partial charge < -0.3 is 15.0 Å². The lowest BCUT2D eigenvalue weighted by molar-refractivity contribution is -0.116. The summed E-state index contributed by atoms with van der Waals surface area (Å²) in [5.41, 5.74) is 1.38. The van der Waals surface area contributed by atoms with Gasteiger partial charge >= 0.3 is 0 Å². The fraction of sp³-hybridized carbons (Fsp3) is 0.125. The zero-order valence-corrected chi connectivity index (χ0v) is 12.0. The zero-order chi connectivity index (χ0) is 16.4. The number of aliphatic hydroxyl groups is 1. The summed E-state index contributed by atoms with van der Waals surface area (Å²) in [6.45, 7) is -0.453. The van der Waals surface area contributed by atoms with Gasteiger partial charge in [0.15, 0.2) is 0 Å². The Bertz CT molecular complexity index is 857. The third kappa shape index (κ3) is 3.19. The van der Waals surface area contributed by atoms with Crippen molar-refractivity contribution < 1.29 is 18.7 Å². The van der Waals surface area contributed by atoms with Crippen LogP contribution < -0.4 is 5.32 Å². The van der Waals surface area contributed by atoms with Crippen LogP contribution in [-0.4, -0.2) is 20.6 Å². The van der Waals surface area contributed by atoms with Gasteiger partial charge in [0.2, 0.25) is 5.91 Å². The number of imidazole rings is 1. The van der Waals surface area contributed by atoms with E-state index < -0.39 is 17.5 Å². The van der Waals surface area contributed by atoms with Gasteiger partial charge in [-0.1, -0.05) is 12.1 Å².